The van der Waals surface area contributed by atoms with E-state index in [1.807, 2.05) is 0 Å². The monoisotopic (exact) mass is 412 g/mol. The van der Waals surface area contributed by atoms with Crippen molar-refractivity contribution in [3.05, 3.63) is 62.6 Å². The first-order valence-electron chi connectivity index (χ1n) is 7.36. The van der Waals surface area contributed by atoms with Gasteiger partial charge in [-0.1, -0.05) is 40.6 Å². The third-order valence-electron chi connectivity index (χ3n) is 3.70. The summed E-state index contributed by atoms with van der Waals surface area (Å²) >= 11 is 12.5. The maximum absolute atomic E-state index is 14.3. The number of fused-ring (bicyclic) bond motifs is 1. The molecule has 1 atom stereocenters. The predicted molar refractivity (Wildman–Crippen MR) is 98.5 cm³/mol. The molecule has 0 bridgehead atoms. The molecule has 26 heavy (non-hydrogen) atoms. The number of carbonyl (C=O) groups excluding carboxylic acids is 1. The van der Waals surface area contributed by atoms with Crippen molar-refractivity contribution in [3.63, 3.8) is 0 Å². The lowest BCUT2D eigenvalue weighted by Gasteiger charge is -2.10. The summed E-state index contributed by atoms with van der Waals surface area (Å²) in [6.45, 7) is 1.42. The number of amides is 1. The van der Waals surface area contributed by atoms with E-state index in [2.05, 4.69) is 4.99 Å². The van der Waals surface area contributed by atoms with E-state index >= 15 is 0 Å². The Morgan fingerprint density at radius 3 is 2.65 bits per heavy atom. The van der Waals surface area contributed by atoms with Gasteiger partial charge >= 0.3 is 5.97 Å². The summed E-state index contributed by atoms with van der Waals surface area (Å²) in [6.07, 6.45) is 0. The molecule has 0 spiro atoms. The molecule has 5 nitrogen and oxygen atoms in total. The number of hydrogen-bond donors (Lipinski definition) is 1. The number of aromatic nitrogens is 1. The molecule has 3 rings (SSSR count). The average Bonchev–Trinajstić information content (AvgIpc) is 2.96. The first-order valence-corrected chi connectivity index (χ1v) is 8.93. The molecule has 1 N–H and O–H groups in total. The molecule has 9 heteroatoms. The lowest BCUT2D eigenvalue weighted by atomic mass is 10.2. The van der Waals surface area contributed by atoms with Crippen LogP contribution in [0.2, 0.25) is 10.0 Å². The second-order valence-corrected chi connectivity index (χ2v) is 7.23. The van der Waals surface area contributed by atoms with Crippen LogP contribution in [0.1, 0.15) is 23.3 Å². The smallest absolute Gasteiger partial charge is 0.326 e. The number of carboxylic acids is 1. The van der Waals surface area contributed by atoms with Crippen molar-refractivity contribution in [2.45, 2.75) is 13.0 Å². The molecule has 0 fully saturated rings. The Morgan fingerprint density at radius 1 is 1.27 bits per heavy atom. The van der Waals surface area contributed by atoms with Gasteiger partial charge in [-0.05, 0) is 37.3 Å². The summed E-state index contributed by atoms with van der Waals surface area (Å²) in [5.74, 6) is -2.44. The van der Waals surface area contributed by atoms with E-state index in [0.717, 1.165) is 11.3 Å². The Morgan fingerprint density at radius 2 is 2.00 bits per heavy atom. The maximum atomic E-state index is 14.3. The third kappa shape index (κ3) is 3.38. The van der Waals surface area contributed by atoms with Gasteiger partial charge in [0.05, 0.1) is 15.2 Å². The molecule has 134 valence electrons. The van der Waals surface area contributed by atoms with Crippen LogP contribution in [0.5, 0.6) is 0 Å². The van der Waals surface area contributed by atoms with Gasteiger partial charge in [-0.3, -0.25) is 4.79 Å². The zero-order chi connectivity index (χ0) is 19.0. The first-order chi connectivity index (χ1) is 12.3. The molecule has 0 aliphatic carbocycles. The molecule has 1 unspecified atom stereocenters. The van der Waals surface area contributed by atoms with Crippen LogP contribution in [0.25, 0.3) is 10.2 Å². The predicted octanol–water partition coefficient (Wildman–Crippen LogP) is 4.54. The lowest BCUT2D eigenvalue weighted by molar-refractivity contribution is -0.140. The number of rotatable bonds is 3. The van der Waals surface area contributed by atoms with Gasteiger partial charge in [0.25, 0.3) is 5.91 Å². The number of halogens is 3. The fourth-order valence-electron chi connectivity index (χ4n) is 2.39. The fraction of sp³-hybridized carbons (Fsp3) is 0.118. The lowest BCUT2D eigenvalue weighted by Crippen LogP contribution is -2.25. The number of nitrogens with zero attached hydrogens (tertiary/aromatic N) is 2. The van der Waals surface area contributed by atoms with Crippen molar-refractivity contribution in [2.75, 3.05) is 0 Å². The van der Waals surface area contributed by atoms with E-state index in [0.29, 0.717) is 10.5 Å². The second kappa shape index (κ2) is 7.19. The zero-order valence-electron chi connectivity index (χ0n) is 13.2. The number of thiazole rings is 1. The van der Waals surface area contributed by atoms with Crippen molar-refractivity contribution >= 4 is 56.6 Å². The summed E-state index contributed by atoms with van der Waals surface area (Å²) in [4.78, 5) is 28.0. The standard InChI is InChI=1S/C17H11Cl2FN2O3S/c1-8(16(24)25)22-12-6-5-11(19)13(20)14(12)26-17(22)21-15(23)9-3-2-4-10(18)7-9/h2-8H,1H3,(H,24,25)/b21-17-. The normalized spacial score (nSPS) is 13.2. The molecule has 3 aromatic rings. The Kier molecular flexibility index (Phi) is 5.13. The van der Waals surface area contributed by atoms with Gasteiger partial charge < -0.3 is 9.67 Å². The summed E-state index contributed by atoms with van der Waals surface area (Å²) in [6, 6.07) is 7.97. The van der Waals surface area contributed by atoms with Crippen molar-refractivity contribution in [3.8, 4) is 0 Å². The molecule has 0 aliphatic rings. The summed E-state index contributed by atoms with van der Waals surface area (Å²) in [5.41, 5.74) is 0.535. The number of hydrogen-bond acceptors (Lipinski definition) is 3. The quantitative estimate of drug-likeness (QED) is 0.686. The van der Waals surface area contributed by atoms with Crippen LogP contribution in [0.4, 0.5) is 4.39 Å². The van der Waals surface area contributed by atoms with E-state index in [4.69, 9.17) is 23.2 Å². The Balaban J connectivity index is 2.27. The van der Waals surface area contributed by atoms with Gasteiger partial charge in [0, 0.05) is 10.6 Å². The molecular formula is C17H11Cl2FN2O3S. The van der Waals surface area contributed by atoms with E-state index < -0.39 is 23.7 Å². The minimum atomic E-state index is -1.14. The number of carbonyl (C=O) groups is 2. The number of benzene rings is 2. The van der Waals surface area contributed by atoms with Gasteiger partial charge in [-0.15, -0.1) is 0 Å². The minimum Gasteiger partial charge on any atom is -0.480 e. The van der Waals surface area contributed by atoms with Gasteiger partial charge in [0.15, 0.2) is 10.6 Å². The topological polar surface area (TPSA) is 71.7 Å². The zero-order valence-corrected chi connectivity index (χ0v) is 15.6. The van der Waals surface area contributed by atoms with E-state index in [1.165, 1.54) is 35.8 Å². The van der Waals surface area contributed by atoms with E-state index in [-0.39, 0.29) is 20.1 Å². The van der Waals surface area contributed by atoms with Crippen LogP contribution < -0.4 is 4.80 Å². The third-order valence-corrected chi connectivity index (χ3v) is 5.29. The van der Waals surface area contributed by atoms with Crippen LogP contribution >= 0.6 is 34.5 Å². The van der Waals surface area contributed by atoms with Gasteiger partial charge in [0.2, 0.25) is 0 Å². The van der Waals surface area contributed by atoms with Crippen molar-refractivity contribution in [1.29, 1.82) is 0 Å². The van der Waals surface area contributed by atoms with Gasteiger partial charge in [-0.2, -0.15) is 4.99 Å². The van der Waals surface area contributed by atoms with Crippen LogP contribution in [-0.2, 0) is 4.79 Å². The van der Waals surface area contributed by atoms with Crippen molar-refractivity contribution in [1.82, 2.24) is 4.57 Å². The van der Waals surface area contributed by atoms with Crippen LogP contribution in [0, 0.1) is 5.82 Å². The SMILES string of the molecule is CC(C(=O)O)n1/c(=N/C(=O)c2cccc(Cl)c2)sc2c(F)c(Cl)ccc21. The highest BCUT2D eigenvalue weighted by Crippen LogP contribution is 2.28. The van der Waals surface area contributed by atoms with Gasteiger partial charge in [-0.25, -0.2) is 9.18 Å². The fourth-order valence-corrected chi connectivity index (χ4v) is 3.93. The molecule has 1 amide bonds. The highest BCUT2D eigenvalue weighted by molar-refractivity contribution is 7.16. The molecule has 1 aromatic heterocycles. The van der Waals surface area contributed by atoms with E-state index in [1.54, 1.807) is 12.1 Å². The Bertz CT molecular complexity index is 1110. The summed E-state index contributed by atoms with van der Waals surface area (Å²) in [7, 11) is 0. The molecule has 0 saturated carbocycles. The minimum absolute atomic E-state index is 0.0565. The Hall–Kier alpha value is -2.22. The molecule has 2 aromatic carbocycles. The average molecular weight is 413 g/mol. The molecule has 1 heterocycles. The molecular weight excluding hydrogens is 402 g/mol. The van der Waals surface area contributed by atoms with Gasteiger partial charge in [0.1, 0.15) is 6.04 Å². The number of carboxylic acid groups (broad SMARTS) is 1. The largest absolute Gasteiger partial charge is 0.480 e. The Labute approximate surface area is 160 Å². The summed E-state index contributed by atoms with van der Waals surface area (Å²) < 4.78 is 15.8. The van der Waals surface area contributed by atoms with E-state index in [9.17, 15) is 19.1 Å². The molecule has 0 aliphatic heterocycles. The highest BCUT2D eigenvalue weighted by atomic mass is 35.5. The molecule has 0 radical (unpaired) electrons. The highest BCUT2D eigenvalue weighted by Gasteiger charge is 2.21. The second-order valence-electron chi connectivity index (χ2n) is 5.41. The van der Waals surface area contributed by atoms with Crippen molar-refractivity contribution in [2.24, 2.45) is 4.99 Å². The number of aliphatic carboxylic acids is 1. The first kappa shape index (κ1) is 18.6. The summed E-state index contributed by atoms with van der Waals surface area (Å²) in [5, 5.41) is 9.64. The maximum Gasteiger partial charge on any atom is 0.326 e. The van der Waals surface area contributed by atoms with Crippen molar-refractivity contribution < 1.29 is 19.1 Å². The van der Waals surface area contributed by atoms with Crippen LogP contribution in [0.15, 0.2) is 41.4 Å². The van der Waals surface area contributed by atoms with Crippen LogP contribution in [-0.4, -0.2) is 21.6 Å². The van der Waals surface area contributed by atoms with Crippen LogP contribution in [0.3, 0.4) is 0 Å². The molecule has 0 saturated heterocycles.